The Hall–Kier alpha value is -3.90. The summed E-state index contributed by atoms with van der Waals surface area (Å²) in [5.74, 6) is 0.432. The molecule has 0 unspecified atom stereocenters. The van der Waals surface area contributed by atoms with E-state index in [1.165, 1.54) is 4.57 Å². The van der Waals surface area contributed by atoms with Crippen molar-refractivity contribution in [3.63, 3.8) is 0 Å². The van der Waals surface area contributed by atoms with Gasteiger partial charge >= 0.3 is 0 Å². The van der Waals surface area contributed by atoms with Crippen molar-refractivity contribution in [3.8, 4) is 11.4 Å². The molecule has 5 aromatic rings. The number of halogens is 1. The Morgan fingerprint density at radius 1 is 0.839 bits per heavy atom. The zero-order chi connectivity index (χ0) is 21.2. The van der Waals surface area contributed by atoms with Crippen molar-refractivity contribution in [2.75, 3.05) is 5.32 Å². The Morgan fingerprint density at radius 2 is 1.52 bits per heavy atom. The first-order chi connectivity index (χ1) is 15.2. The molecule has 0 radical (unpaired) electrons. The minimum atomic E-state index is -0.252. The van der Waals surface area contributed by atoms with Gasteiger partial charge in [0.1, 0.15) is 6.33 Å². The Balaban J connectivity index is 1.69. The maximum Gasteiger partial charge on any atom is 0.287 e. The number of aromatic nitrogens is 4. The summed E-state index contributed by atoms with van der Waals surface area (Å²) < 4.78 is 3.35. The molecule has 0 spiro atoms. The maximum atomic E-state index is 13.5. The first-order valence-electron chi connectivity index (χ1n) is 9.80. The largest absolute Gasteiger partial charge is 0.351 e. The van der Waals surface area contributed by atoms with Crippen molar-refractivity contribution in [1.82, 2.24) is 19.1 Å². The molecule has 0 aliphatic rings. The highest BCUT2D eigenvalue weighted by Gasteiger charge is 2.17. The smallest absolute Gasteiger partial charge is 0.287 e. The predicted octanol–water partition coefficient (Wildman–Crippen LogP) is 4.84. The van der Waals surface area contributed by atoms with E-state index in [-0.39, 0.29) is 5.56 Å². The van der Waals surface area contributed by atoms with Gasteiger partial charge in [-0.1, -0.05) is 60.1 Å². The third-order valence-electron chi connectivity index (χ3n) is 4.98. The second-order valence-corrected chi connectivity index (χ2v) is 7.45. The van der Waals surface area contributed by atoms with E-state index in [4.69, 9.17) is 16.6 Å². The SMILES string of the molecule is O=c1c2ncn(-c3ccccc3)c2nc(NCc2ccccc2)n1-c1ccc(Cl)cc1. The summed E-state index contributed by atoms with van der Waals surface area (Å²) in [6.45, 7) is 0.520. The summed E-state index contributed by atoms with van der Waals surface area (Å²) in [4.78, 5) is 22.6. The molecule has 0 aliphatic heterocycles. The number of fused-ring (bicyclic) bond motifs is 1. The fourth-order valence-corrected chi connectivity index (χ4v) is 3.58. The summed E-state index contributed by atoms with van der Waals surface area (Å²) >= 11 is 6.05. The first kappa shape index (κ1) is 19.1. The molecule has 0 saturated heterocycles. The summed E-state index contributed by atoms with van der Waals surface area (Å²) in [6.07, 6.45) is 1.63. The van der Waals surface area contributed by atoms with Gasteiger partial charge in [0.15, 0.2) is 11.2 Å². The lowest BCUT2D eigenvalue weighted by atomic mass is 10.2. The quantitative estimate of drug-likeness (QED) is 0.436. The van der Waals surface area contributed by atoms with E-state index in [1.54, 1.807) is 30.6 Å². The Morgan fingerprint density at radius 3 is 2.23 bits per heavy atom. The lowest BCUT2D eigenvalue weighted by Crippen LogP contribution is -2.24. The number of hydrogen-bond donors (Lipinski definition) is 1. The van der Waals surface area contributed by atoms with Crippen LogP contribution in [0.3, 0.4) is 0 Å². The molecule has 2 heterocycles. The van der Waals surface area contributed by atoms with Crippen LogP contribution in [0.5, 0.6) is 0 Å². The molecule has 31 heavy (non-hydrogen) atoms. The van der Waals surface area contributed by atoms with Crippen LogP contribution >= 0.6 is 11.6 Å². The highest BCUT2D eigenvalue weighted by molar-refractivity contribution is 6.30. The minimum absolute atomic E-state index is 0.252. The Bertz CT molecular complexity index is 1390. The number of rotatable bonds is 5. The number of hydrogen-bond acceptors (Lipinski definition) is 4. The molecule has 7 heteroatoms. The third kappa shape index (κ3) is 3.69. The fourth-order valence-electron chi connectivity index (χ4n) is 3.45. The van der Waals surface area contributed by atoms with Gasteiger partial charge in [-0.05, 0) is 42.0 Å². The van der Waals surface area contributed by atoms with Gasteiger partial charge in [0.2, 0.25) is 5.95 Å². The van der Waals surface area contributed by atoms with Crippen LogP contribution in [0.25, 0.3) is 22.5 Å². The number of para-hydroxylation sites is 1. The minimum Gasteiger partial charge on any atom is -0.351 e. The van der Waals surface area contributed by atoms with E-state index in [9.17, 15) is 4.79 Å². The van der Waals surface area contributed by atoms with Crippen molar-refractivity contribution in [2.24, 2.45) is 0 Å². The molecule has 6 nitrogen and oxygen atoms in total. The molecule has 5 rings (SSSR count). The van der Waals surface area contributed by atoms with E-state index in [2.05, 4.69) is 10.3 Å². The van der Waals surface area contributed by atoms with Gasteiger partial charge in [0.05, 0.1) is 5.69 Å². The van der Waals surface area contributed by atoms with Crippen LogP contribution in [0.1, 0.15) is 5.56 Å². The number of benzene rings is 3. The van der Waals surface area contributed by atoms with Gasteiger partial charge in [-0.25, -0.2) is 9.55 Å². The van der Waals surface area contributed by atoms with Crippen molar-refractivity contribution in [3.05, 3.63) is 112 Å². The normalized spacial score (nSPS) is 11.0. The molecule has 2 aromatic heterocycles. The van der Waals surface area contributed by atoms with Crippen LogP contribution in [-0.4, -0.2) is 19.1 Å². The van der Waals surface area contributed by atoms with Crippen molar-refractivity contribution < 1.29 is 0 Å². The molecule has 0 fully saturated rings. The highest BCUT2D eigenvalue weighted by atomic mass is 35.5. The molecule has 3 aromatic carbocycles. The van der Waals surface area contributed by atoms with E-state index in [1.807, 2.05) is 65.2 Å². The van der Waals surface area contributed by atoms with Crippen LogP contribution in [0.15, 0.2) is 96.1 Å². The first-order valence-corrected chi connectivity index (χ1v) is 10.2. The average molecular weight is 428 g/mol. The number of anilines is 1. The zero-order valence-electron chi connectivity index (χ0n) is 16.4. The van der Waals surface area contributed by atoms with Crippen LogP contribution in [-0.2, 0) is 6.54 Å². The van der Waals surface area contributed by atoms with E-state index in [0.29, 0.717) is 34.4 Å². The topological polar surface area (TPSA) is 64.7 Å². The summed E-state index contributed by atoms with van der Waals surface area (Å²) in [7, 11) is 0. The molecule has 0 saturated carbocycles. The van der Waals surface area contributed by atoms with Gasteiger partial charge in [0.25, 0.3) is 5.56 Å². The fraction of sp³-hybridized carbons (Fsp3) is 0.0417. The summed E-state index contributed by atoms with van der Waals surface area (Å²) in [6, 6.07) is 26.7. The number of nitrogens with zero attached hydrogens (tertiary/aromatic N) is 4. The maximum absolute atomic E-state index is 13.5. The molecular weight excluding hydrogens is 410 g/mol. The van der Waals surface area contributed by atoms with Gasteiger partial charge in [-0.15, -0.1) is 0 Å². The van der Waals surface area contributed by atoms with Crippen LogP contribution in [0.4, 0.5) is 5.95 Å². The second kappa shape index (κ2) is 8.08. The molecule has 0 bridgehead atoms. The molecule has 1 N–H and O–H groups in total. The monoisotopic (exact) mass is 427 g/mol. The van der Waals surface area contributed by atoms with Gasteiger partial charge < -0.3 is 5.32 Å². The third-order valence-corrected chi connectivity index (χ3v) is 5.24. The molecule has 152 valence electrons. The molecular formula is C24H18ClN5O. The zero-order valence-corrected chi connectivity index (χ0v) is 17.2. The summed E-state index contributed by atoms with van der Waals surface area (Å²) in [5, 5.41) is 3.92. The Kier molecular flexibility index (Phi) is 4.98. The van der Waals surface area contributed by atoms with Gasteiger partial charge in [0, 0.05) is 17.3 Å². The van der Waals surface area contributed by atoms with Crippen molar-refractivity contribution >= 4 is 28.7 Å². The summed E-state index contributed by atoms with van der Waals surface area (Å²) in [5.41, 5.74) is 3.17. The lowest BCUT2D eigenvalue weighted by molar-refractivity contribution is 0.928. The van der Waals surface area contributed by atoms with Crippen LogP contribution in [0, 0.1) is 0 Å². The lowest BCUT2D eigenvalue weighted by Gasteiger charge is -2.14. The van der Waals surface area contributed by atoms with Crippen molar-refractivity contribution in [2.45, 2.75) is 6.54 Å². The van der Waals surface area contributed by atoms with E-state index in [0.717, 1.165) is 11.3 Å². The van der Waals surface area contributed by atoms with E-state index < -0.39 is 0 Å². The van der Waals surface area contributed by atoms with E-state index >= 15 is 0 Å². The van der Waals surface area contributed by atoms with Crippen LogP contribution in [0.2, 0.25) is 5.02 Å². The van der Waals surface area contributed by atoms with Crippen molar-refractivity contribution in [1.29, 1.82) is 0 Å². The van der Waals surface area contributed by atoms with Crippen LogP contribution < -0.4 is 10.9 Å². The predicted molar refractivity (Wildman–Crippen MR) is 123 cm³/mol. The van der Waals surface area contributed by atoms with Gasteiger partial charge in [-0.2, -0.15) is 4.98 Å². The molecule has 0 atom stereocenters. The number of nitrogens with one attached hydrogen (secondary N) is 1. The molecule has 0 amide bonds. The highest BCUT2D eigenvalue weighted by Crippen LogP contribution is 2.20. The second-order valence-electron chi connectivity index (χ2n) is 7.01. The number of imidazole rings is 1. The standard InChI is InChI=1S/C24H18ClN5O/c25-18-11-13-20(14-12-18)30-23(31)21-22(29(16-27-21)19-9-5-2-6-10-19)28-24(30)26-15-17-7-3-1-4-8-17/h1-14,16H,15H2,(H,26,28). The average Bonchev–Trinajstić information content (AvgIpc) is 3.24. The molecule has 0 aliphatic carbocycles. The van der Waals surface area contributed by atoms with Gasteiger partial charge in [-0.3, -0.25) is 9.36 Å². The Labute approximate surface area is 183 Å².